The van der Waals surface area contributed by atoms with Gasteiger partial charge in [-0.1, -0.05) is 0 Å². The average Bonchev–Trinajstić information content (AvgIpc) is 3.40. The van der Waals surface area contributed by atoms with Gasteiger partial charge in [-0.3, -0.25) is 4.68 Å². The molecule has 4 aliphatic carbocycles. The summed E-state index contributed by atoms with van der Waals surface area (Å²) in [7, 11) is 1.90. The highest BCUT2D eigenvalue weighted by molar-refractivity contribution is 5.88. The Morgan fingerprint density at radius 2 is 1.93 bits per heavy atom. The first kappa shape index (κ1) is 15.1. The highest BCUT2D eigenvalue weighted by Gasteiger charge is 2.61. The quantitative estimate of drug-likeness (QED) is 0.518. The molecule has 2 atom stereocenters. The molecule has 10 nitrogen and oxygen atoms in total. The van der Waals surface area contributed by atoms with E-state index in [0.717, 1.165) is 54.6 Å². The van der Waals surface area contributed by atoms with Crippen LogP contribution in [0, 0.1) is 11.8 Å². The Morgan fingerprint density at radius 3 is 2.71 bits per heavy atom. The molecule has 4 aliphatic rings. The zero-order valence-corrected chi connectivity index (χ0v) is 15.6. The highest BCUT2D eigenvalue weighted by Crippen LogP contribution is 2.63. The van der Waals surface area contributed by atoms with Gasteiger partial charge < -0.3 is 0 Å². The Labute approximate surface area is 160 Å². The second-order valence-electron chi connectivity index (χ2n) is 9.14. The third-order valence-corrected chi connectivity index (χ3v) is 7.35. The van der Waals surface area contributed by atoms with Crippen molar-refractivity contribution in [1.29, 1.82) is 0 Å². The van der Waals surface area contributed by atoms with Crippen LogP contribution in [0.25, 0.3) is 16.7 Å². The molecule has 4 fully saturated rings. The molecular formula is C18H20N10. The molecule has 4 aromatic rings. The Kier molecular flexibility index (Phi) is 2.55. The monoisotopic (exact) mass is 376 g/mol. The van der Waals surface area contributed by atoms with Crippen LogP contribution in [0.4, 0.5) is 0 Å². The number of aromatic nitrogens is 10. The SMILES string of the molecule is Cn1ncc2c1ncn1nc(C34C[C@H]5C[C@H](C3)CC(n3ncnn3)(C5)C4)nc21. The van der Waals surface area contributed by atoms with Gasteiger partial charge in [0.05, 0.1) is 17.1 Å². The summed E-state index contributed by atoms with van der Waals surface area (Å²) in [4.78, 5) is 11.4. The van der Waals surface area contributed by atoms with E-state index in [0.29, 0.717) is 11.8 Å². The van der Waals surface area contributed by atoms with Crippen LogP contribution in [0.3, 0.4) is 0 Å². The van der Waals surface area contributed by atoms with Crippen molar-refractivity contribution < 1.29 is 0 Å². The summed E-state index contributed by atoms with van der Waals surface area (Å²) >= 11 is 0. The maximum Gasteiger partial charge on any atom is 0.170 e. The fraction of sp³-hybridized carbons (Fsp3) is 0.611. The minimum Gasteiger partial charge on any atom is -0.250 e. The summed E-state index contributed by atoms with van der Waals surface area (Å²) in [5.74, 6) is 2.30. The predicted octanol–water partition coefficient (Wildman–Crippen LogP) is 1.24. The average molecular weight is 376 g/mol. The molecule has 0 saturated heterocycles. The zero-order valence-electron chi connectivity index (χ0n) is 15.6. The first-order chi connectivity index (χ1) is 13.6. The van der Waals surface area contributed by atoms with E-state index in [9.17, 15) is 0 Å². The number of tetrazole rings is 1. The van der Waals surface area contributed by atoms with Crippen molar-refractivity contribution in [2.24, 2.45) is 18.9 Å². The molecule has 4 heterocycles. The van der Waals surface area contributed by atoms with Gasteiger partial charge in [-0.05, 0) is 55.6 Å². The Morgan fingerprint density at radius 1 is 1.07 bits per heavy atom. The van der Waals surface area contributed by atoms with E-state index in [-0.39, 0.29) is 11.0 Å². The van der Waals surface area contributed by atoms with Gasteiger partial charge >= 0.3 is 0 Å². The van der Waals surface area contributed by atoms with Crippen LogP contribution in [0.15, 0.2) is 18.9 Å². The smallest absolute Gasteiger partial charge is 0.170 e. The Balaban J connectivity index is 1.41. The Bertz CT molecular complexity index is 1200. The van der Waals surface area contributed by atoms with Gasteiger partial charge in [-0.25, -0.2) is 14.5 Å². The fourth-order valence-corrected chi connectivity index (χ4v) is 6.76. The summed E-state index contributed by atoms with van der Waals surface area (Å²) in [5.41, 5.74) is 1.62. The van der Waals surface area contributed by atoms with E-state index >= 15 is 0 Å². The molecule has 10 heteroatoms. The summed E-state index contributed by atoms with van der Waals surface area (Å²) in [6.45, 7) is 0. The molecule has 0 radical (unpaired) electrons. The molecule has 0 amide bonds. The van der Waals surface area contributed by atoms with Gasteiger partial charge in [-0.15, -0.1) is 15.3 Å². The largest absolute Gasteiger partial charge is 0.250 e. The first-order valence-electron chi connectivity index (χ1n) is 9.91. The van der Waals surface area contributed by atoms with Gasteiger partial charge in [0.25, 0.3) is 0 Å². The van der Waals surface area contributed by atoms with E-state index in [1.165, 1.54) is 6.42 Å². The van der Waals surface area contributed by atoms with E-state index in [1.807, 2.05) is 22.6 Å². The van der Waals surface area contributed by atoms with Crippen LogP contribution in [0.1, 0.15) is 44.3 Å². The maximum atomic E-state index is 5.05. The number of fused-ring (bicyclic) bond motifs is 3. The van der Waals surface area contributed by atoms with E-state index in [2.05, 4.69) is 25.5 Å². The number of rotatable bonds is 2. The number of nitrogens with zero attached hydrogens (tertiary/aromatic N) is 10. The third kappa shape index (κ3) is 1.76. The molecule has 4 bridgehead atoms. The van der Waals surface area contributed by atoms with Gasteiger partial charge in [0.15, 0.2) is 23.4 Å². The lowest BCUT2D eigenvalue weighted by atomic mass is 9.46. The van der Waals surface area contributed by atoms with Crippen molar-refractivity contribution in [2.45, 2.75) is 49.5 Å². The van der Waals surface area contributed by atoms with Gasteiger partial charge in [0.2, 0.25) is 0 Å². The summed E-state index contributed by atoms with van der Waals surface area (Å²) in [6.07, 6.45) is 12.0. The standard InChI is InChI=1S/C18H20N10/c1-26-14-13(7-21-26)15-23-16(24-27(15)10-19-14)17-3-11-2-12(4-17)6-18(5-11,8-17)28-22-9-20-25-28/h7,9-12H,2-6,8H2,1H3/t11-,12-,17?,18?/m1/s1. The van der Waals surface area contributed by atoms with Gasteiger partial charge in [0, 0.05) is 12.5 Å². The molecule has 0 aromatic carbocycles. The zero-order chi connectivity index (χ0) is 18.5. The van der Waals surface area contributed by atoms with Crippen LogP contribution in [-0.4, -0.2) is 49.6 Å². The molecule has 0 unspecified atom stereocenters. The van der Waals surface area contributed by atoms with Crippen LogP contribution in [-0.2, 0) is 18.0 Å². The van der Waals surface area contributed by atoms with Crippen molar-refractivity contribution >= 4 is 16.7 Å². The van der Waals surface area contributed by atoms with E-state index in [1.54, 1.807) is 17.3 Å². The van der Waals surface area contributed by atoms with Crippen LogP contribution in [0.2, 0.25) is 0 Å². The minimum atomic E-state index is -0.0417. The van der Waals surface area contributed by atoms with Crippen molar-refractivity contribution in [2.75, 3.05) is 0 Å². The van der Waals surface area contributed by atoms with Gasteiger partial charge in [-0.2, -0.15) is 9.90 Å². The highest BCUT2D eigenvalue weighted by atomic mass is 15.6. The topological polar surface area (TPSA) is 105 Å². The molecule has 0 spiro atoms. The lowest BCUT2D eigenvalue weighted by Crippen LogP contribution is -2.59. The van der Waals surface area contributed by atoms with Crippen molar-refractivity contribution in [3.05, 3.63) is 24.7 Å². The summed E-state index contributed by atoms with van der Waals surface area (Å²) in [5, 5.41) is 22.9. The molecule has 4 saturated carbocycles. The lowest BCUT2D eigenvalue weighted by Gasteiger charge is -2.60. The van der Waals surface area contributed by atoms with Crippen molar-refractivity contribution in [1.82, 2.24) is 49.6 Å². The van der Waals surface area contributed by atoms with Crippen molar-refractivity contribution in [3.8, 4) is 0 Å². The predicted molar refractivity (Wildman–Crippen MR) is 97.2 cm³/mol. The second-order valence-corrected chi connectivity index (χ2v) is 9.14. The molecular weight excluding hydrogens is 356 g/mol. The maximum absolute atomic E-state index is 5.05. The van der Waals surface area contributed by atoms with Crippen LogP contribution in [0.5, 0.6) is 0 Å². The normalized spacial score (nSPS) is 34.0. The number of hydrogen-bond acceptors (Lipinski definition) is 7. The lowest BCUT2D eigenvalue weighted by molar-refractivity contribution is -0.0785. The molecule has 28 heavy (non-hydrogen) atoms. The molecule has 142 valence electrons. The number of hydrogen-bond donors (Lipinski definition) is 0. The van der Waals surface area contributed by atoms with Crippen LogP contribution >= 0.6 is 0 Å². The summed E-state index contributed by atoms with van der Waals surface area (Å²) < 4.78 is 3.60. The molecule has 0 aliphatic heterocycles. The van der Waals surface area contributed by atoms with Crippen LogP contribution < -0.4 is 0 Å². The minimum absolute atomic E-state index is 0.0156. The Hall–Kier alpha value is -2.91. The number of aryl methyl sites for hydroxylation is 1. The van der Waals surface area contributed by atoms with Gasteiger partial charge in [0.1, 0.15) is 6.33 Å². The van der Waals surface area contributed by atoms with E-state index in [4.69, 9.17) is 10.1 Å². The second kappa shape index (κ2) is 4.73. The molecule has 4 aromatic heterocycles. The third-order valence-electron chi connectivity index (χ3n) is 7.35. The fourth-order valence-electron chi connectivity index (χ4n) is 6.76. The molecule has 8 rings (SSSR count). The van der Waals surface area contributed by atoms with Crippen molar-refractivity contribution in [3.63, 3.8) is 0 Å². The first-order valence-corrected chi connectivity index (χ1v) is 9.91. The summed E-state index contributed by atoms with van der Waals surface area (Å²) in [6, 6.07) is 0. The van der Waals surface area contributed by atoms with E-state index < -0.39 is 0 Å². The molecule has 0 N–H and O–H groups in total.